The van der Waals surface area contributed by atoms with Crippen molar-refractivity contribution in [3.8, 4) is 23.0 Å². The van der Waals surface area contributed by atoms with Crippen LogP contribution in [0.2, 0.25) is 0 Å². The number of para-hydroxylation sites is 1. The Bertz CT molecular complexity index is 875. The third-order valence-corrected chi connectivity index (χ3v) is 5.09. The Labute approximate surface area is 157 Å². The van der Waals surface area contributed by atoms with Gasteiger partial charge < -0.3 is 24.3 Å². The van der Waals surface area contributed by atoms with E-state index in [0.717, 1.165) is 11.3 Å². The average Bonchev–Trinajstić information content (AvgIpc) is 2.66. The molecule has 2 aliphatic heterocycles. The molecule has 2 aromatic carbocycles. The molecule has 1 saturated heterocycles. The molecule has 0 aliphatic carbocycles. The highest BCUT2D eigenvalue weighted by Crippen LogP contribution is 2.48. The fraction of sp³-hybridized carbons (Fsp3) is 0.350. The van der Waals surface area contributed by atoms with Gasteiger partial charge in [0.05, 0.1) is 33.1 Å². The van der Waals surface area contributed by atoms with Crippen molar-refractivity contribution in [2.75, 3.05) is 26.2 Å². The smallest absolute Gasteiger partial charge is 0.325 e. The first kappa shape index (κ1) is 17.3. The minimum atomic E-state index is -0.841. The Balaban J connectivity index is 1.82. The van der Waals surface area contributed by atoms with Gasteiger partial charge in [-0.25, -0.2) is 4.79 Å². The van der Waals surface area contributed by atoms with Crippen molar-refractivity contribution in [3.05, 3.63) is 42.0 Å². The number of benzene rings is 2. The van der Waals surface area contributed by atoms with Crippen molar-refractivity contribution < 1.29 is 23.7 Å². The first-order chi connectivity index (χ1) is 13.0. The highest BCUT2D eigenvalue weighted by molar-refractivity contribution is 5.95. The van der Waals surface area contributed by atoms with Crippen molar-refractivity contribution in [1.82, 2.24) is 5.32 Å². The molecule has 2 aromatic rings. The number of rotatable bonds is 4. The number of carbonyl (C=O) groups is 1. The molecule has 0 radical (unpaired) electrons. The first-order valence-electron chi connectivity index (χ1n) is 8.69. The molecule has 27 heavy (non-hydrogen) atoms. The summed E-state index contributed by atoms with van der Waals surface area (Å²) >= 11 is 0. The van der Waals surface area contributed by atoms with E-state index < -0.39 is 5.72 Å². The monoisotopic (exact) mass is 370 g/mol. The molecule has 1 fully saturated rings. The Morgan fingerprint density at radius 2 is 1.78 bits per heavy atom. The molecule has 0 saturated carbocycles. The van der Waals surface area contributed by atoms with Crippen LogP contribution < -0.4 is 29.2 Å². The van der Waals surface area contributed by atoms with Gasteiger partial charge in [-0.05, 0) is 13.0 Å². The maximum atomic E-state index is 13.0. The van der Waals surface area contributed by atoms with Crippen LogP contribution in [-0.4, -0.2) is 33.1 Å². The molecule has 2 heterocycles. The van der Waals surface area contributed by atoms with Gasteiger partial charge in [0, 0.05) is 24.1 Å². The van der Waals surface area contributed by atoms with Crippen LogP contribution >= 0.6 is 0 Å². The van der Waals surface area contributed by atoms with Gasteiger partial charge in [-0.15, -0.1) is 0 Å². The van der Waals surface area contributed by atoms with Crippen molar-refractivity contribution in [1.29, 1.82) is 0 Å². The van der Waals surface area contributed by atoms with Gasteiger partial charge in [0.1, 0.15) is 5.75 Å². The second kappa shape index (κ2) is 6.26. The Hall–Kier alpha value is -3.09. The molecule has 0 unspecified atom stereocenters. The van der Waals surface area contributed by atoms with E-state index in [1.165, 1.54) is 0 Å². The number of anilines is 1. The van der Waals surface area contributed by atoms with Crippen LogP contribution in [-0.2, 0) is 0 Å². The molecule has 0 spiro atoms. The predicted octanol–water partition coefficient (Wildman–Crippen LogP) is 3.48. The summed E-state index contributed by atoms with van der Waals surface area (Å²) in [6, 6.07) is 10.9. The molecule has 7 nitrogen and oxygen atoms in total. The molecule has 4 rings (SSSR count). The summed E-state index contributed by atoms with van der Waals surface area (Å²) in [5, 5.41) is 3.08. The number of carbonyl (C=O) groups excluding carboxylic acids is 1. The topological polar surface area (TPSA) is 69.3 Å². The number of ether oxygens (including phenoxy) is 4. The molecule has 1 N–H and O–H groups in total. The summed E-state index contributed by atoms with van der Waals surface area (Å²) in [6.45, 7) is 1.91. The second-order valence-electron chi connectivity index (χ2n) is 6.74. The molecular formula is C20H22N2O5. The van der Waals surface area contributed by atoms with Gasteiger partial charge >= 0.3 is 6.03 Å². The quantitative estimate of drug-likeness (QED) is 0.892. The van der Waals surface area contributed by atoms with Gasteiger partial charge in [-0.2, -0.15) is 0 Å². The Kier molecular flexibility index (Phi) is 4.02. The summed E-state index contributed by atoms with van der Waals surface area (Å²) in [5.74, 6) is 2.19. The zero-order chi connectivity index (χ0) is 19.2. The van der Waals surface area contributed by atoms with Crippen LogP contribution in [0.25, 0.3) is 0 Å². The average molecular weight is 370 g/mol. The van der Waals surface area contributed by atoms with Crippen LogP contribution in [0.1, 0.15) is 24.9 Å². The molecule has 2 aliphatic rings. The maximum Gasteiger partial charge on any atom is 0.325 e. The Morgan fingerprint density at radius 3 is 2.41 bits per heavy atom. The largest absolute Gasteiger partial charge is 0.493 e. The van der Waals surface area contributed by atoms with Crippen LogP contribution in [0.5, 0.6) is 23.0 Å². The summed E-state index contributed by atoms with van der Waals surface area (Å²) in [5.41, 5.74) is 0.751. The number of hydrogen-bond acceptors (Lipinski definition) is 5. The van der Waals surface area contributed by atoms with E-state index in [4.69, 9.17) is 18.9 Å². The summed E-state index contributed by atoms with van der Waals surface area (Å²) in [6.07, 6.45) is 0.617. The number of fused-ring (bicyclic) bond motifs is 4. The van der Waals surface area contributed by atoms with E-state index in [0.29, 0.717) is 29.4 Å². The number of nitrogens with one attached hydrogen (secondary N) is 1. The second-order valence-corrected chi connectivity index (χ2v) is 6.74. The van der Waals surface area contributed by atoms with E-state index in [1.54, 1.807) is 38.4 Å². The third kappa shape index (κ3) is 2.61. The fourth-order valence-electron chi connectivity index (χ4n) is 3.91. The van der Waals surface area contributed by atoms with Gasteiger partial charge in [0.15, 0.2) is 17.2 Å². The minimum absolute atomic E-state index is 0.0919. The van der Waals surface area contributed by atoms with E-state index in [1.807, 2.05) is 31.2 Å². The zero-order valence-corrected chi connectivity index (χ0v) is 15.7. The number of methoxy groups -OCH3 is 3. The number of amides is 2. The molecular weight excluding hydrogens is 348 g/mol. The van der Waals surface area contributed by atoms with Crippen molar-refractivity contribution >= 4 is 11.7 Å². The van der Waals surface area contributed by atoms with Gasteiger partial charge in [0.25, 0.3) is 0 Å². The van der Waals surface area contributed by atoms with Crippen LogP contribution in [0, 0.1) is 0 Å². The lowest BCUT2D eigenvalue weighted by Crippen LogP contribution is -2.65. The van der Waals surface area contributed by atoms with E-state index in [2.05, 4.69) is 5.32 Å². The van der Waals surface area contributed by atoms with E-state index in [-0.39, 0.29) is 12.1 Å². The van der Waals surface area contributed by atoms with E-state index >= 15 is 0 Å². The molecule has 2 amide bonds. The summed E-state index contributed by atoms with van der Waals surface area (Å²) < 4.78 is 22.5. The highest BCUT2D eigenvalue weighted by atomic mass is 16.5. The molecule has 7 heteroatoms. The third-order valence-electron chi connectivity index (χ3n) is 5.09. The molecule has 2 atom stereocenters. The van der Waals surface area contributed by atoms with Crippen molar-refractivity contribution in [2.24, 2.45) is 0 Å². The minimum Gasteiger partial charge on any atom is -0.493 e. The molecule has 2 bridgehead atoms. The lowest BCUT2D eigenvalue weighted by Gasteiger charge is -2.50. The van der Waals surface area contributed by atoms with Gasteiger partial charge in [-0.3, -0.25) is 4.90 Å². The normalized spacial score (nSPS) is 23.0. The van der Waals surface area contributed by atoms with Crippen molar-refractivity contribution in [2.45, 2.75) is 25.1 Å². The maximum absolute atomic E-state index is 13.0. The first-order valence-corrected chi connectivity index (χ1v) is 8.69. The molecule has 142 valence electrons. The lowest BCUT2D eigenvalue weighted by atomic mass is 9.90. The van der Waals surface area contributed by atoms with Gasteiger partial charge in [0.2, 0.25) is 5.75 Å². The zero-order valence-electron chi connectivity index (χ0n) is 15.7. The lowest BCUT2D eigenvalue weighted by molar-refractivity contribution is 0.0378. The van der Waals surface area contributed by atoms with E-state index in [9.17, 15) is 4.79 Å². The summed E-state index contributed by atoms with van der Waals surface area (Å²) in [4.78, 5) is 14.6. The fourth-order valence-corrected chi connectivity index (χ4v) is 3.91. The predicted molar refractivity (Wildman–Crippen MR) is 99.9 cm³/mol. The Morgan fingerprint density at radius 1 is 1.11 bits per heavy atom. The standard InChI is InChI=1S/C20H22N2O5/c1-20-11-14(13-7-5-6-8-15(13)27-20)21-19(23)22(20)12-9-16(24-2)18(26-4)17(10-12)25-3/h5-10,14H,11H2,1-4H3,(H,21,23)/t14-,20-/m0/s1. The number of hydrogen-bond donors (Lipinski definition) is 1. The van der Waals surface area contributed by atoms with Crippen LogP contribution in [0.15, 0.2) is 36.4 Å². The number of urea groups is 1. The highest BCUT2D eigenvalue weighted by Gasteiger charge is 2.50. The van der Waals surface area contributed by atoms with Crippen molar-refractivity contribution in [3.63, 3.8) is 0 Å². The van der Waals surface area contributed by atoms with Crippen LogP contribution in [0.3, 0.4) is 0 Å². The number of nitrogens with zero attached hydrogens (tertiary/aromatic N) is 1. The van der Waals surface area contributed by atoms with Gasteiger partial charge in [-0.1, -0.05) is 18.2 Å². The summed E-state index contributed by atoms with van der Waals surface area (Å²) in [7, 11) is 4.63. The van der Waals surface area contributed by atoms with Crippen LogP contribution in [0.4, 0.5) is 10.5 Å². The molecule has 0 aromatic heterocycles. The SMILES string of the molecule is COc1cc(N2C(=O)N[C@H]3C[C@]2(C)Oc2ccccc23)cc(OC)c1OC.